The third-order valence-electron chi connectivity index (χ3n) is 3.67. The molecule has 0 aliphatic carbocycles. The van der Waals surface area contributed by atoms with Crippen molar-refractivity contribution in [1.29, 1.82) is 0 Å². The van der Waals surface area contributed by atoms with Crippen molar-refractivity contribution in [2.24, 2.45) is 14.1 Å². The molecule has 0 aliphatic rings. The van der Waals surface area contributed by atoms with Crippen molar-refractivity contribution < 1.29 is 4.74 Å². The molecule has 3 rings (SSSR count). The van der Waals surface area contributed by atoms with Gasteiger partial charge in [-0.2, -0.15) is 0 Å². The predicted octanol–water partition coefficient (Wildman–Crippen LogP) is 3.43. The van der Waals surface area contributed by atoms with E-state index < -0.39 is 0 Å². The number of ether oxygens (including phenoxy) is 1. The van der Waals surface area contributed by atoms with Gasteiger partial charge in [-0.05, 0) is 23.8 Å². The first-order valence-corrected chi connectivity index (χ1v) is 8.24. The van der Waals surface area contributed by atoms with Crippen molar-refractivity contribution >= 4 is 38.3 Å². The van der Waals surface area contributed by atoms with E-state index in [0.717, 1.165) is 22.3 Å². The minimum Gasteiger partial charge on any atom is -0.496 e. The van der Waals surface area contributed by atoms with Gasteiger partial charge in [0, 0.05) is 24.4 Å². The number of hydrogen-bond acceptors (Lipinski definition) is 3. The summed E-state index contributed by atoms with van der Waals surface area (Å²) >= 11 is 5.38. The Hall–Kier alpha value is -1.53. The first kappa shape index (κ1) is 14.4. The average molecular weight is 367 g/mol. The molecule has 0 radical (unpaired) electrons. The maximum absolute atomic E-state index is 12.0. The highest BCUT2D eigenvalue weighted by molar-refractivity contribution is 9.09. The molecule has 0 fully saturated rings. The molecule has 0 amide bonds. The van der Waals surface area contributed by atoms with Crippen LogP contribution in [0, 0.1) is 0 Å². The molecule has 21 heavy (non-hydrogen) atoms. The Morgan fingerprint density at radius 3 is 2.57 bits per heavy atom. The molecule has 1 aromatic carbocycles. The standard InChI is InChI=1S/C15H15BrN2O2S/c1-17-11-5-4-9(6-12(11)18(2)15(17)19)14(16)13-7-10(20-3)8-21-13/h4-8,14H,1-3H3. The minimum atomic E-state index is -0.00827. The molecule has 1 atom stereocenters. The number of nitrogens with zero attached hydrogens (tertiary/aromatic N) is 2. The van der Waals surface area contributed by atoms with E-state index in [1.54, 1.807) is 41.7 Å². The molecule has 110 valence electrons. The maximum Gasteiger partial charge on any atom is 0.328 e. The van der Waals surface area contributed by atoms with Crippen LogP contribution in [-0.4, -0.2) is 16.2 Å². The predicted molar refractivity (Wildman–Crippen MR) is 89.8 cm³/mol. The van der Waals surface area contributed by atoms with Gasteiger partial charge in [0.15, 0.2) is 0 Å². The Bertz CT molecular complexity index is 862. The van der Waals surface area contributed by atoms with Gasteiger partial charge in [0.05, 0.1) is 23.0 Å². The number of rotatable bonds is 3. The molecule has 0 spiro atoms. The van der Waals surface area contributed by atoms with Crippen LogP contribution in [-0.2, 0) is 14.1 Å². The van der Waals surface area contributed by atoms with E-state index in [1.165, 1.54) is 4.88 Å². The molecule has 0 saturated carbocycles. The van der Waals surface area contributed by atoms with Gasteiger partial charge in [-0.1, -0.05) is 22.0 Å². The number of hydrogen-bond donors (Lipinski definition) is 0. The fraction of sp³-hybridized carbons (Fsp3) is 0.267. The van der Waals surface area contributed by atoms with Crippen molar-refractivity contribution in [2.45, 2.75) is 4.83 Å². The molecule has 1 unspecified atom stereocenters. The van der Waals surface area contributed by atoms with Crippen LogP contribution >= 0.6 is 27.3 Å². The summed E-state index contributed by atoms with van der Waals surface area (Å²) in [5, 5.41) is 1.99. The molecule has 4 nitrogen and oxygen atoms in total. The summed E-state index contributed by atoms with van der Waals surface area (Å²) in [6, 6.07) is 8.12. The molecule has 6 heteroatoms. The van der Waals surface area contributed by atoms with Crippen LogP contribution in [0.2, 0.25) is 0 Å². The maximum atomic E-state index is 12.0. The number of benzene rings is 1. The number of thiophene rings is 1. The zero-order chi connectivity index (χ0) is 15.1. The van der Waals surface area contributed by atoms with E-state index in [2.05, 4.69) is 22.0 Å². The molecule has 3 aromatic rings. The highest BCUT2D eigenvalue weighted by Crippen LogP contribution is 2.37. The fourth-order valence-electron chi connectivity index (χ4n) is 2.42. The van der Waals surface area contributed by atoms with Crippen LogP contribution < -0.4 is 10.4 Å². The molecular formula is C15H15BrN2O2S. The first-order chi connectivity index (χ1) is 10.0. The van der Waals surface area contributed by atoms with Crippen LogP contribution in [0.15, 0.2) is 34.4 Å². The third kappa shape index (κ3) is 2.32. The molecule has 0 saturated heterocycles. The van der Waals surface area contributed by atoms with Gasteiger partial charge in [0.1, 0.15) is 5.75 Å². The smallest absolute Gasteiger partial charge is 0.328 e. The summed E-state index contributed by atoms with van der Waals surface area (Å²) in [4.78, 5) is 13.2. The quantitative estimate of drug-likeness (QED) is 0.665. The Morgan fingerprint density at radius 1 is 1.19 bits per heavy atom. The summed E-state index contributed by atoms with van der Waals surface area (Å²) in [5.41, 5.74) is 2.99. The van der Waals surface area contributed by atoms with Crippen LogP contribution in [0.25, 0.3) is 11.0 Å². The fourth-order valence-corrected chi connectivity index (χ4v) is 4.02. The molecule has 2 heterocycles. The Kier molecular flexibility index (Phi) is 3.67. The van der Waals surface area contributed by atoms with Crippen molar-refractivity contribution in [3.63, 3.8) is 0 Å². The van der Waals surface area contributed by atoms with Gasteiger partial charge >= 0.3 is 5.69 Å². The van der Waals surface area contributed by atoms with E-state index in [4.69, 9.17) is 4.74 Å². The largest absolute Gasteiger partial charge is 0.496 e. The van der Waals surface area contributed by atoms with Crippen molar-refractivity contribution in [1.82, 2.24) is 9.13 Å². The summed E-state index contributed by atoms with van der Waals surface area (Å²) < 4.78 is 8.57. The molecule has 0 N–H and O–H groups in total. The number of methoxy groups -OCH3 is 1. The van der Waals surface area contributed by atoms with E-state index in [0.29, 0.717) is 0 Å². The van der Waals surface area contributed by atoms with Gasteiger partial charge in [0.25, 0.3) is 0 Å². The molecule has 0 bridgehead atoms. The molecule has 0 aliphatic heterocycles. The number of halogens is 1. The monoisotopic (exact) mass is 366 g/mol. The van der Waals surface area contributed by atoms with Crippen molar-refractivity contribution in [3.05, 3.63) is 50.6 Å². The summed E-state index contributed by atoms with van der Waals surface area (Å²) in [5.74, 6) is 0.868. The molecular weight excluding hydrogens is 352 g/mol. The van der Waals surface area contributed by atoms with Crippen molar-refractivity contribution in [3.8, 4) is 5.75 Å². The lowest BCUT2D eigenvalue weighted by molar-refractivity contribution is 0.416. The highest BCUT2D eigenvalue weighted by atomic mass is 79.9. The van der Waals surface area contributed by atoms with Crippen LogP contribution in [0.1, 0.15) is 15.3 Å². The summed E-state index contributed by atoms with van der Waals surface area (Å²) in [7, 11) is 5.26. The number of alkyl halides is 1. The lowest BCUT2D eigenvalue weighted by Crippen LogP contribution is -2.19. The minimum absolute atomic E-state index is 0.00827. The lowest BCUT2D eigenvalue weighted by Gasteiger charge is -2.08. The van der Waals surface area contributed by atoms with Gasteiger partial charge in [-0.15, -0.1) is 11.3 Å². The van der Waals surface area contributed by atoms with Crippen LogP contribution in [0.5, 0.6) is 5.75 Å². The Morgan fingerprint density at radius 2 is 1.90 bits per heavy atom. The zero-order valence-electron chi connectivity index (χ0n) is 12.0. The SMILES string of the molecule is COc1csc(C(Br)c2ccc3c(c2)n(C)c(=O)n3C)c1. The van der Waals surface area contributed by atoms with E-state index in [1.807, 2.05) is 23.6 Å². The van der Waals surface area contributed by atoms with Crippen LogP contribution in [0.3, 0.4) is 0 Å². The summed E-state index contributed by atoms with van der Waals surface area (Å²) in [6.45, 7) is 0. The van der Waals surface area contributed by atoms with Crippen LogP contribution in [0.4, 0.5) is 0 Å². The number of aryl methyl sites for hydroxylation is 2. The second-order valence-corrected chi connectivity index (χ2v) is 6.76. The van der Waals surface area contributed by atoms with E-state index in [9.17, 15) is 4.79 Å². The average Bonchev–Trinajstić information content (AvgIpc) is 3.07. The normalized spacial score (nSPS) is 12.8. The van der Waals surface area contributed by atoms with Gasteiger partial charge in [0.2, 0.25) is 0 Å². The molecule has 2 aromatic heterocycles. The highest BCUT2D eigenvalue weighted by Gasteiger charge is 2.16. The number of imidazole rings is 1. The Balaban J connectivity index is 2.08. The number of aromatic nitrogens is 2. The van der Waals surface area contributed by atoms with E-state index in [-0.39, 0.29) is 10.5 Å². The zero-order valence-corrected chi connectivity index (χ0v) is 14.4. The third-order valence-corrected chi connectivity index (χ3v) is 5.97. The second kappa shape index (κ2) is 5.35. The van der Waals surface area contributed by atoms with E-state index >= 15 is 0 Å². The Labute approximate surface area is 134 Å². The van der Waals surface area contributed by atoms with Crippen molar-refractivity contribution in [2.75, 3.05) is 7.11 Å². The first-order valence-electron chi connectivity index (χ1n) is 6.44. The number of fused-ring (bicyclic) bond motifs is 1. The van der Waals surface area contributed by atoms with Gasteiger partial charge < -0.3 is 4.74 Å². The van der Waals surface area contributed by atoms with Gasteiger partial charge in [-0.25, -0.2) is 4.79 Å². The summed E-state index contributed by atoms with van der Waals surface area (Å²) in [6.07, 6.45) is 0. The second-order valence-electron chi connectivity index (χ2n) is 4.90. The topological polar surface area (TPSA) is 36.2 Å². The van der Waals surface area contributed by atoms with Gasteiger partial charge in [-0.3, -0.25) is 9.13 Å². The lowest BCUT2D eigenvalue weighted by atomic mass is 10.1.